The van der Waals surface area contributed by atoms with Crippen molar-refractivity contribution in [1.29, 1.82) is 0 Å². The highest BCUT2D eigenvalue weighted by Crippen LogP contribution is 2.33. The second kappa shape index (κ2) is 8.49. The van der Waals surface area contributed by atoms with Gasteiger partial charge in [-0.1, -0.05) is 19.1 Å². The molecule has 0 saturated carbocycles. The van der Waals surface area contributed by atoms with Gasteiger partial charge in [0.15, 0.2) is 17.0 Å². The van der Waals surface area contributed by atoms with Crippen molar-refractivity contribution in [2.45, 2.75) is 25.7 Å². The molecule has 3 aromatic heterocycles. The van der Waals surface area contributed by atoms with Crippen LogP contribution in [0, 0.1) is 0 Å². The first-order valence-electron chi connectivity index (χ1n) is 12.1. The minimum atomic E-state index is -0.888. The van der Waals surface area contributed by atoms with Gasteiger partial charge in [0, 0.05) is 45.6 Å². The summed E-state index contributed by atoms with van der Waals surface area (Å²) in [6, 6.07) is 8.02. The van der Waals surface area contributed by atoms with Gasteiger partial charge in [0.25, 0.3) is 0 Å². The Morgan fingerprint density at radius 2 is 1.91 bits per heavy atom. The van der Waals surface area contributed by atoms with Gasteiger partial charge < -0.3 is 24.2 Å². The third kappa shape index (κ3) is 3.57. The Hall–Kier alpha value is -3.73. The molecule has 11 nitrogen and oxygen atoms in total. The predicted octanol–water partition coefficient (Wildman–Crippen LogP) is 2.57. The van der Waals surface area contributed by atoms with E-state index in [1.807, 2.05) is 40.4 Å². The number of benzene rings is 1. The number of nitrogens with zero attached hydrogens (tertiary/aromatic N) is 8. The van der Waals surface area contributed by atoms with E-state index >= 15 is 0 Å². The maximum atomic E-state index is 11.5. The molecule has 1 N–H and O–H groups in total. The van der Waals surface area contributed by atoms with Crippen molar-refractivity contribution in [1.82, 2.24) is 34.0 Å². The molecule has 5 heterocycles. The van der Waals surface area contributed by atoms with E-state index in [2.05, 4.69) is 11.8 Å². The summed E-state index contributed by atoms with van der Waals surface area (Å²) in [6.07, 6.45) is 0.594. The SMILES string of the molecule is CCc1nc2ccccc2n1-c1nc(N2CCOCC2)c2nc(C3CCN(C(=O)O)C3)n(C)c2n1. The lowest BCUT2D eigenvalue weighted by molar-refractivity contribution is 0.122. The zero-order chi connectivity index (χ0) is 24.1. The zero-order valence-corrected chi connectivity index (χ0v) is 19.9. The molecule has 2 aliphatic rings. The Kier molecular flexibility index (Phi) is 5.28. The van der Waals surface area contributed by atoms with E-state index in [1.165, 1.54) is 4.90 Å². The van der Waals surface area contributed by atoms with Crippen LogP contribution in [0.5, 0.6) is 0 Å². The van der Waals surface area contributed by atoms with Crippen LogP contribution >= 0.6 is 0 Å². The largest absolute Gasteiger partial charge is 0.465 e. The monoisotopic (exact) mass is 476 g/mol. The van der Waals surface area contributed by atoms with Crippen molar-refractivity contribution >= 4 is 34.1 Å². The van der Waals surface area contributed by atoms with E-state index in [4.69, 9.17) is 24.7 Å². The quantitative estimate of drug-likeness (QED) is 0.478. The summed E-state index contributed by atoms with van der Waals surface area (Å²) in [7, 11) is 1.96. The average Bonchev–Trinajstić information content (AvgIpc) is 3.59. The number of para-hydroxylation sites is 2. The highest BCUT2D eigenvalue weighted by molar-refractivity contribution is 5.86. The lowest BCUT2D eigenvalue weighted by Crippen LogP contribution is -2.37. The van der Waals surface area contributed by atoms with Crippen LogP contribution in [-0.4, -0.2) is 84.6 Å². The normalized spacial score (nSPS) is 18.7. The van der Waals surface area contributed by atoms with E-state index in [0.29, 0.717) is 32.3 Å². The number of anilines is 1. The predicted molar refractivity (Wildman–Crippen MR) is 130 cm³/mol. The number of rotatable bonds is 4. The number of fused-ring (bicyclic) bond motifs is 2. The zero-order valence-electron chi connectivity index (χ0n) is 19.9. The van der Waals surface area contributed by atoms with E-state index in [1.54, 1.807) is 0 Å². The van der Waals surface area contributed by atoms with Crippen LogP contribution in [0.4, 0.5) is 10.6 Å². The number of hydrogen-bond donors (Lipinski definition) is 1. The number of morpholine rings is 1. The summed E-state index contributed by atoms with van der Waals surface area (Å²) in [5.41, 5.74) is 3.35. The molecule has 182 valence electrons. The number of imidazole rings is 2. The molecule has 0 bridgehead atoms. The molecule has 1 aromatic carbocycles. The van der Waals surface area contributed by atoms with Gasteiger partial charge in [-0.15, -0.1) is 0 Å². The van der Waals surface area contributed by atoms with Crippen molar-refractivity contribution in [3.63, 3.8) is 0 Å². The van der Waals surface area contributed by atoms with Crippen molar-refractivity contribution in [2.24, 2.45) is 7.05 Å². The number of aromatic nitrogens is 6. The topological polar surface area (TPSA) is 114 Å². The van der Waals surface area contributed by atoms with Gasteiger partial charge in [0.05, 0.1) is 24.2 Å². The highest BCUT2D eigenvalue weighted by atomic mass is 16.5. The summed E-state index contributed by atoms with van der Waals surface area (Å²) < 4.78 is 9.63. The fourth-order valence-corrected chi connectivity index (χ4v) is 5.19. The van der Waals surface area contributed by atoms with Crippen LogP contribution < -0.4 is 4.90 Å². The first-order valence-corrected chi connectivity index (χ1v) is 12.1. The molecule has 2 saturated heterocycles. The average molecular weight is 477 g/mol. The Morgan fingerprint density at radius 1 is 1.11 bits per heavy atom. The standard InChI is InChI=1S/C24H28N8O3/c1-3-18-25-16-6-4-5-7-17(16)32(18)23-27-21-19(22(28-23)30-10-12-35-13-11-30)26-20(29(21)2)15-8-9-31(14-15)24(33)34/h4-7,15H,3,8-14H2,1-2H3,(H,33,34). The molecule has 2 aliphatic heterocycles. The Balaban J connectivity index is 1.55. The number of hydrogen-bond acceptors (Lipinski definition) is 7. The molecule has 0 radical (unpaired) electrons. The summed E-state index contributed by atoms with van der Waals surface area (Å²) in [4.78, 5) is 35.0. The second-order valence-electron chi connectivity index (χ2n) is 9.07. The van der Waals surface area contributed by atoms with Gasteiger partial charge >= 0.3 is 6.09 Å². The lowest BCUT2D eigenvalue weighted by atomic mass is 10.1. The molecule has 11 heteroatoms. The Bertz CT molecular complexity index is 1420. The molecule has 4 aromatic rings. The molecular formula is C24H28N8O3. The maximum absolute atomic E-state index is 11.5. The van der Waals surface area contributed by atoms with E-state index in [-0.39, 0.29) is 5.92 Å². The number of aryl methyl sites for hydroxylation is 2. The fourth-order valence-electron chi connectivity index (χ4n) is 5.19. The minimum absolute atomic E-state index is 0.0200. The van der Waals surface area contributed by atoms with Crippen LogP contribution in [-0.2, 0) is 18.2 Å². The van der Waals surface area contributed by atoms with Gasteiger partial charge in [0.1, 0.15) is 11.6 Å². The summed E-state index contributed by atoms with van der Waals surface area (Å²) in [5.74, 6) is 3.11. The van der Waals surface area contributed by atoms with Crippen molar-refractivity contribution < 1.29 is 14.6 Å². The van der Waals surface area contributed by atoms with Gasteiger partial charge in [0.2, 0.25) is 5.95 Å². The number of ether oxygens (including phenoxy) is 1. The molecule has 6 rings (SSSR count). The van der Waals surface area contributed by atoms with Crippen LogP contribution in [0.1, 0.15) is 30.9 Å². The van der Waals surface area contributed by atoms with Crippen molar-refractivity contribution in [3.8, 4) is 5.95 Å². The smallest absolute Gasteiger partial charge is 0.407 e. The van der Waals surface area contributed by atoms with Crippen LogP contribution in [0.15, 0.2) is 24.3 Å². The number of carboxylic acid groups (broad SMARTS) is 1. The first kappa shape index (κ1) is 21.8. The Morgan fingerprint density at radius 3 is 2.66 bits per heavy atom. The van der Waals surface area contributed by atoms with Crippen LogP contribution in [0.2, 0.25) is 0 Å². The molecule has 1 amide bonds. The summed E-state index contributed by atoms with van der Waals surface area (Å²) >= 11 is 0. The number of carbonyl (C=O) groups is 1. The Labute approximate surface area is 202 Å². The number of amides is 1. The first-order chi connectivity index (χ1) is 17.0. The van der Waals surface area contributed by atoms with Gasteiger partial charge in [-0.25, -0.2) is 14.8 Å². The van der Waals surface area contributed by atoms with Crippen LogP contribution in [0.3, 0.4) is 0 Å². The van der Waals surface area contributed by atoms with Gasteiger partial charge in [-0.2, -0.15) is 9.97 Å². The molecule has 0 spiro atoms. The van der Waals surface area contributed by atoms with E-state index in [9.17, 15) is 9.90 Å². The number of likely N-dealkylation sites (tertiary alicyclic amines) is 1. The third-order valence-corrected chi connectivity index (χ3v) is 7.00. The molecule has 2 fully saturated rings. The van der Waals surface area contributed by atoms with E-state index in [0.717, 1.165) is 65.6 Å². The molecule has 35 heavy (non-hydrogen) atoms. The molecule has 1 atom stereocenters. The van der Waals surface area contributed by atoms with Gasteiger partial charge in [-0.05, 0) is 18.6 Å². The summed E-state index contributed by atoms with van der Waals surface area (Å²) in [5, 5.41) is 9.43. The summed E-state index contributed by atoms with van der Waals surface area (Å²) in [6.45, 7) is 5.73. The van der Waals surface area contributed by atoms with Crippen molar-refractivity contribution in [2.75, 3.05) is 44.3 Å². The highest BCUT2D eigenvalue weighted by Gasteiger charge is 2.32. The molecule has 1 unspecified atom stereocenters. The maximum Gasteiger partial charge on any atom is 0.407 e. The van der Waals surface area contributed by atoms with Crippen LogP contribution in [0.25, 0.3) is 28.1 Å². The molecule has 0 aliphatic carbocycles. The van der Waals surface area contributed by atoms with Gasteiger partial charge in [-0.3, -0.25) is 4.57 Å². The fraction of sp³-hybridized carbons (Fsp3) is 0.458. The minimum Gasteiger partial charge on any atom is -0.465 e. The lowest BCUT2D eigenvalue weighted by Gasteiger charge is -2.28. The van der Waals surface area contributed by atoms with Crippen molar-refractivity contribution in [3.05, 3.63) is 35.9 Å². The molecular weight excluding hydrogens is 448 g/mol. The second-order valence-corrected chi connectivity index (χ2v) is 9.07. The van der Waals surface area contributed by atoms with E-state index < -0.39 is 6.09 Å². The third-order valence-electron chi connectivity index (χ3n) is 7.00.